The highest BCUT2D eigenvalue weighted by Crippen LogP contribution is 2.17. The smallest absolute Gasteiger partial charge is 0.394 e. The molecule has 0 saturated carbocycles. The van der Waals surface area contributed by atoms with Crippen LogP contribution in [0.3, 0.4) is 0 Å². The Morgan fingerprint density at radius 1 is 1.46 bits per heavy atom. The maximum Gasteiger partial charge on any atom is 0.406 e. The van der Waals surface area contributed by atoms with Crippen molar-refractivity contribution >= 4 is 5.69 Å². The maximum absolute atomic E-state index is 11.8. The molecule has 0 radical (unpaired) electrons. The fourth-order valence-electron chi connectivity index (χ4n) is 0.850. The zero-order valence-electron chi connectivity index (χ0n) is 6.51. The Bertz CT molecular complexity index is 355. The third kappa shape index (κ3) is 2.81. The molecule has 0 saturated heterocycles. The molecule has 0 fully saturated rings. The molecule has 3 nitrogen and oxygen atoms in total. The molecule has 0 aliphatic carbocycles. The van der Waals surface area contributed by atoms with Gasteiger partial charge in [-0.15, -0.1) is 0 Å². The average molecular weight is 192 g/mol. The Morgan fingerprint density at radius 2 is 2.08 bits per heavy atom. The molecule has 1 heterocycles. The summed E-state index contributed by atoms with van der Waals surface area (Å²) >= 11 is 0. The fourth-order valence-corrected chi connectivity index (χ4v) is 0.850. The summed E-state index contributed by atoms with van der Waals surface area (Å²) in [4.78, 5) is 10.7. The predicted octanol–water partition coefficient (Wildman–Crippen LogP) is 0.993. The van der Waals surface area contributed by atoms with E-state index in [1.807, 2.05) is 0 Å². The summed E-state index contributed by atoms with van der Waals surface area (Å²) in [5.74, 6) is 0. The van der Waals surface area contributed by atoms with E-state index >= 15 is 0 Å². The van der Waals surface area contributed by atoms with Crippen molar-refractivity contribution in [2.45, 2.75) is 12.7 Å². The summed E-state index contributed by atoms with van der Waals surface area (Å²) in [5.41, 5.74) is 4.48. The quantitative estimate of drug-likeness (QED) is 0.721. The highest BCUT2D eigenvalue weighted by molar-refractivity contribution is 5.33. The molecule has 2 N–H and O–H groups in total. The molecule has 0 aliphatic rings. The van der Waals surface area contributed by atoms with Gasteiger partial charge in [0, 0.05) is 18.5 Å². The number of pyridine rings is 1. The number of hydrogen-bond acceptors (Lipinski definition) is 2. The molecule has 0 aliphatic heterocycles. The minimum absolute atomic E-state index is 0.188. The van der Waals surface area contributed by atoms with Crippen molar-refractivity contribution in [2.24, 2.45) is 0 Å². The monoisotopic (exact) mass is 192 g/mol. The van der Waals surface area contributed by atoms with E-state index in [1.165, 1.54) is 0 Å². The molecule has 0 amide bonds. The highest BCUT2D eigenvalue weighted by atomic mass is 19.4. The first-order chi connectivity index (χ1) is 5.88. The first kappa shape index (κ1) is 9.63. The predicted molar refractivity (Wildman–Crippen MR) is 41.2 cm³/mol. The van der Waals surface area contributed by atoms with Gasteiger partial charge in [-0.1, -0.05) is 0 Å². The average Bonchev–Trinajstić information content (AvgIpc) is 1.94. The SMILES string of the molecule is Nc1cn(CC(F)(F)F)ccc1=O. The number of nitrogens with zero attached hydrogens (tertiary/aromatic N) is 1. The number of nitrogens with two attached hydrogens (primary N) is 1. The summed E-state index contributed by atoms with van der Waals surface area (Å²) in [7, 11) is 0. The molecule has 0 unspecified atom stereocenters. The topological polar surface area (TPSA) is 48.0 Å². The second-order valence-electron chi connectivity index (χ2n) is 2.55. The van der Waals surface area contributed by atoms with E-state index in [4.69, 9.17) is 5.73 Å². The van der Waals surface area contributed by atoms with E-state index < -0.39 is 18.1 Å². The number of alkyl halides is 3. The normalized spacial score (nSPS) is 11.6. The molecule has 0 spiro atoms. The Labute approximate surface area is 71.6 Å². The van der Waals surface area contributed by atoms with Crippen LogP contribution in [0.1, 0.15) is 0 Å². The van der Waals surface area contributed by atoms with Crippen LogP contribution in [-0.2, 0) is 6.54 Å². The molecule has 0 aromatic carbocycles. The van der Waals surface area contributed by atoms with Crippen LogP contribution >= 0.6 is 0 Å². The standard InChI is InChI=1S/C7H7F3N2O/c8-7(9,10)4-12-2-1-6(13)5(11)3-12/h1-3H,4,11H2. The summed E-state index contributed by atoms with van der Waals surface area (Å²) in [6.45, 7) is -1.14. The molecular weight excluding hydrogens is 185 g/mol. The van der Waals surface area contributed by atoms with Crippen LogP contribution in [0.4, 0.5) is 18.9 Å². The van der Waals surface area contributed by atoms with Gasteiger partial charge in [0.15, 0.2) is 0 Å². The minimum atomic E-state index is -4.30. The van der Waals surface area contributed by atoms with Crippen molar-refractivity contribution in [3.63, 3.8) is 0 Å². The van der Waals surface area contributed by atoms with Crippen LogP contribution in [-0.4, -0.2) is 10.7 Å². The Morgan fingerprint density at radius 3 is 2.54 bits per heavy atom. The van der Waals surface area contributed by atoms with Gasteiger partial charge in [0.05, 0.1) is 5.69 Å². The number of anilines is 1. The van der Waals surface area contributed by atoms with Crippen molar-refractivity contribution in [3.05, 3.63) is 28.7 Å². The molecule has 13 heavy (non-hydrogen) atoms. The molecule has 0 bridgehead atoms. The first-order valence-corrected chi connectivity index (χ1v) is 3.41. The van der Waals surface area contributed by atoms with Crippen LogP contribution in [0.2, 0.25) is 0 Å². The van der Waals surface area contributed by atoms with Crippen LogP contribution in [0, 0.1) is 0 Å². The maximum atomic E-state index is 11.8. The summed E-state index contributed by atoms with van der Waals surface area (Å²) in [5, 5.41) is 0. The summed E-state index contributed by atoms with van der Waals surface area (Å²) in [6.07, 6.45) is -2.29. The first-order valence-electron chi connectivity index (χ1n) is 3.41. The van der Waals surface area contributed by atoms with Crippen LogP contribution < -0.4 is 11.2 Å². The lowest BCUT2D eigenvalue weighted by atomic mass is 10.4. The fraction of sp³-hybridized carbons (Fsp3) is 0.286. The molecule has 1 rings (SSSR count). The van der Waals surface area contributed by atoms with Crippen molar-refractivity contribution in [1.29, 1.82) is 0 Å². The third-order valence-corrected chi connectivity index (χ3v) is 1.37. The van der Waals surface area contributed by atoms with Gasteiger partial charge < -0.3 is 10.3 Å². The second kappa shape index (κ2) is 3.12. The zero-order valence-corrected chi connectivity index (χ0v) is 6.51. The van der Waals surface area contributed by atoms with E-state index in [0.717, 1.165) is 23.0 Å². The molecule has 1 aromatic heterocycles. The number of aromatic nitrogens is 1. The van der Waals surface area contributed by atoms with E-state index in [9.17, 15) is 18.0 Å². The Hall–Kier alpha value is -1.46. The van der Waals surface area contributed by atoms with Gasteiger partial charge in [0.2, 0.25) is 5.43 Å². The largest absolute Gasteiger partial charge is 0.406 e. The highest BCUT2D eigenvalue weighted by Gasteiger charge is 2.27. The number of nitrogen functional groups attached to an aromatic ring is 1. The lowest BCUT2D eigenvalue weighted by Gasteiger charge is -2.09. The summed E-state index contributed by atoms with van der Waals surface area (Å²) in [6, 6.07) is 1.00. The van der Waals surface area contributed by atoms with Gasteiger partial charge >= 0.3 is 6.18 Å². The summed E-state index contributed by atoms with van der Waals surface area (Å²) < 4.78 is 36.3. The number of halogens is 3. The van der Waals surface area contributed by atoms with Gasteiger partial charge in [-0.2, -0.15) is 13.2 Å². The molecule has 72 valence electrons. The number of hydrogen-bond donors (Lipinski definition) is 1. The van der Waals surface area contributed by atoms with Gasteiger partial charge in [-0.25, -0.2) is 0 Å². The van der Waals surface area contributed by atoms with Crippen LogP contribution in [0.15, 0.2) is 23.3 Å². The van der Waals surface area contributed by atoms with Gasteiger partial charge in [0.25, 0.3) is 0 Å². The van der Waals surface area contributed by atoms with Crippen molar-refractivity contribution in [1.82, 2.24) is 4.57 Å². The zero-order chi connectivity index (χ0) is 10.1. The molecule has 0 atom stereocenters. The third-order valence-electron chi connectivity index (χ3n) is 1.37. The van der Waals surface area contributed by atoms with Gasteiger partial charge in [0.1, 0.15) is 6.54 Å². The van der Waals surface area contributed by atoms with E-state index in [-0.39, 0.29) is 5.69 Å². The molecule has 6 heteroatoms. The van der Waals surface area contributed by atoms with Crippen molar-refractivity contribution in [3.8, 4) is 0 Å². The lowest BCUT2D eigenvalue weighted by molar-refractivity contribution is -0.140. The van der Waals surface area contributed by atoms with E-state index in [2.05, 4.69) is 0 Å². The minimum Gasteiger partial charge on any atom is -0.394 e. The number of rotatable bonds is 1. The Kier molecular flexibility index (Phi) is 2.31. The van der Waals surface area contributed by atoms with Crippen LogP contribution in [0.25, 0.3) is 0 Å². The van der Waals surface area contributed by atoms with Gasteiger partial charge in [-0.05, 0) is 0 Å². The van der Waals surface area contributed by atoms with E-state index in [1.54, 1.807) is 0 Å². The van der Waals surface area contributed by atoms with Crippen molar-refractivity contribution in [2.75, 3.05) is 5.73 Å². The molecular formula is C7H7F3N2O. The molecule has 1 aromatic rings. The van der Waals surface area contributed by atoms with Gasteiger partial charge in [-0.3, -0.25) is 4.79 Å². The van der Waals surface area contributed by atoms with Crippen molar-refractivity contribution < 1.29 is 13.2 Å². The lowest BCUT2D eigenvalue weighted by Crippen LogP contribution is -2.19. The van der Waals surface area contributed by atoms with Crippen LogP contribution in [0.5, 0.6) is 0 Å². The van der Waals surface area contributed by atoms with E-state index in [0.29, 0.717) is 0 Å². The Balaban J connectivity index is 2.92. The second-order valence-corrected chi connectivity index (χ2v) is 2.55.